The average Bonchev–Trinajstić information content (AvgIpc) is 2.74. The molecule has 3 rings (SSSR count). The third kappa shape index (κ3) is 5.65. The molecular formula is C21H21ClN4O4. The Hall–Kier alpha value is -3.23. The van der Waals surface area contributed by atoms with Crippen LogP contribution in [0.5, 0.6) is 0 Å². The van der Waals surface area contributed by atoms with Gasteiger partial charge in [0.05, 0.1) is 27.7 Å². The number of nitrogens with one attached hydrogen (secondary N) is 1. The standard InChI is InChI=1S/C21H21ClN4O4/c22-17-6-2-3-7-18(17)23-20(27)15-24-11-13-25(14-12-24)21(28)10-9-16-5-1-4-8-19(16)26(29)30/h1-10H,11-15H2,(H,23,27)/b10-9+. The predicted molar refractivity (Wildman–Crippen MR) is 115 cm³/mol. The highest BCUT2D eigenvalue weighted by Gasteiger charge is 2.21. The fourth-order valence-corrected chi connectivity index (χ4v) is 3.33. The Morgan fingerprint density at radius 3 is 2.43 bits per heavy atom. The highest BCUT2D eigenvalue weighted by molar-refractivity contribution is 6.33. The van der Waals surface area contributed by atoms with Crippen molar-refractivity contribution in [2.24, 2.45) is 0 Å². The number of nitro benzene ring substituents is 1. The first-order valence-corrected chi connectivity index (χ1v) is 9.79. The number of nitro groups is 1. The van der Waals surface area contributed by atoms with Crippen molar-refractivity contribution in [3.05, 3.63) is 75.3 Å². The molecule has 0 atom stereocenters. The molecule has 1 aliphatic rings. The number of halogens is 1. The lowest BCUT2D eigenvalue weighted by Crippen LogP contribution is -2.50. The molecule has 30 heavy (non-hydrogen) atoms. The van der Waals surface area contributed by atoms with Crippen LogP contribution >= 0.6 is 11.6 Å². The molecule has 2 amide bonds. The number of rotatable bonds is 6. The maximum Gasteiger partial charge on any atom is 0.276 e. The first-order valence-electron chi connectivity index (χ1n) is 9.41. The van der Waals surface area contributed by atoms with Crippen molar-refractivity contribution in [1.29, 1.82) is 0 Å². The Balaban J connectivity index is 1.49. The fraction of sp³-hybridized carbons (Fsp3) is 0.238. The lowest BCUT2D eigenvalue weighted by molar-refractivity contribution is -0.385. The van der Waals surface area contributed by atoms with Gasteiger partial charge in [-0.1, -0.05) is 35.9 Å². The normalized spacial score (nSPS) is 14.6. The molecule has 8 nitrogen and oxygen atoms in total. The van der Waals surface area contributed by atoms with Crippen LogP contribution in [0.1, 0.15) is 5.56 Å². The van der Waals surface area contributed by atoms with Gasteiger partial charge in [-0.3, -0.25) is 24.6 Å². The maximum absolute atomic E-state index is 12.4. The maximum atomic E-state index is 12.4. The lowest BCUT2D eigenvalue weighted by Gasteiger charge is -2.33. The van der Waals surface area contributed by atoms with Crippen LogP contribution < -0.4 is 5.32 Å². The molecule has 2 aromatic rings. The first-order chi connectivity index (χ1) is 14.4. The summed E-state index contributed by atoms with van der Waals surface area (Å²) in [4.78, 5) is 38.9. The molecule has 0 aromatic heterocycles. The summed E-state index contributed by atoms with van der Waals surface area (Å²) in [5, 5.41) is 14.3. The summed E-state index contributed by atoms with van der Waals surface area (Å²) in [6.07, 6.45) is 2.81. The van der Waals surface area contributed by atoms with E-state index in [1.165, 1.54) is 18.2 Å². The van der Waals surface area contributed by atoms with E-state index in [1.807, 2.05) is 4.90 Å². The molecule has 9 heteroatoms. The molecule has 0 bridgehead atoms. The topological polar surface area (TPSA) is 95.8 Å². The second kappa shape index (κ2) is 10.00. The third-order valence-corrected chi connectivity index (χ3v) is 5.07. The average molecular weight is 429 g/mol. The van der Waals surface area contributed by atoms with E-state index in [0.717, 1.165) is 0 Å². The Kier molecular flexibility index (Phi) is 7.16. The zero-order chi connectivity index (χ0) is 21.5. The minimum absolute atomic E-state index is 0.0455. The largest absolute Gasteiger partial charge is 0.337 e. The zero-order valence-electron chi connectivity index (χ0n) is 16.2. The summed E-state index contributed by atoms with van der Waals surface area (Å²) in [6.45, 7) is 2.26. The molecule has 1 N–H and O–H groups in total. The summed E-state index contributed by atoms with van der Waals surface area (Å²) >= 11 is 6.05. The van der Waals surface area contributed by atoms with E-state index in [9.17, 15) is 19.7 Å². The zero-order valence-corrected chi connectivity index (χ0v) is 16.9. The van der Waals surface area contributed by atoms with Gasteiger partial charge in [-0.15, -0.1) is 0 Å². The van der Waals surface area contributed by atoms with Crippen LogP contribution in [0.25, 0.3) is 6.08 Å². The minimum Gasteiger partial charge on any atom is -0.337 e. The van der Waals surface area contributed by atoms with E-state index in [2.05, 4.69) is 5.32 Å². The van der Waals surface area contributed by atoms with Gasteiger partial charge in [0.15, 0.2) is 0 Å². The molecule has 0 spiro atoms. The lowest BCUT2D eigenvalue weighted by atomic mass is 10.1. The molecule has 0 radical (unpaired) electrons. The van der Waals surface area contributed by atoms with Crippen LogP contribution in [-0.2, 0) is 9.59 Å². The monoisotopic (exact) mass is 428 g/mol. The highest BCUT2D eigenvalue weighted by Crippen LogP contribution is 2.21. The van der Waals surface area contributed by atoms with Crippen molar-refractivity contribution in [3.63, 3.8) is 0 Å². The predicted octanol–water partition coefficient (Wildman–Crippen LogP) is 3.04. The number of benzene rings is 2. The molecule has 0 saturated carbocycles. The number of hydrogen-bond acceptors (Lipinski definition) is 5. The number of anilines is 1. The van der Waals surface area contributed by atoms with Crippen LogP contribution in [0.4, 0.5) is 11.4 Å². The number of nitrogens with zero attached hydrogens (tertiary/aromatic N) is 3. The van der Waals surface area contributed by atoms with Gasteiger partial charge in [0.2, 0.25) is 11.8 Å². The molecule has 1 saturated heterocycles. The number of amides is 2. The van der Waals surface area contributed by atoms with E-state index < -0.39 is 4.92 Å². The first kappa shape index (κ1) is 21.5. The minimum atomic E-state index is -0.476. The number of hydrogen-bond donors (Lipinski definition) is 1. The molecule has 0 unspecified atom stereocenters. The molecule has 1 fully saturated rings. The van der Waals surface area contributed by atoms with Gasteiger partial charge in [0, 0.05) is 38.3 Å². The highest BCUT2D eigenvalue weighted by atomic mass is 35.5. The van der Waals surface area contributed by atoms with Crippen LogP contribution in [0.2, 0.25) is 5.02 Å². The molecule has 0 aliphatic carbocycles. The summed E-state index contributed by atoms with van der Waals surface area (Å²) in [5.74, 6) is -0.382. The number of carbonyl (C=O) groups excluding carboxylic acids is 2. The number of para-hydroxylation sites is 2. The number of carbonyl (C=O) groups is 2. The second-order valence-electron chi connectivity index (χ2n) is 6.78. The van der Waals surface area contributed by atoms with Gasteiger partial charge in [0.25, 0.3) is 5.69 Å². The van der Waals surface area contributed by atoms with Crippen molar-refractivity contribution < 1.29 is 14.5 Å². The van der Waals surface area contributed by atoms with Crippen molar-refractivity contribution in [2.75, 3.05) is 38.0 Å². The van der Waals surface area contributed by atoms with E-state index in [-0.39, 0.29) is 24.0 Å². The summed E-state index contributed by atoms with van der Waals surface area (Å²) in [7, 11) is 0. The van der Waals surface area contributed by atoms with Gasteiger partial charge in [-0.05, 0) is 24.3 Å². The van der Waals surface area contributed by atoms with Crippen molar-refractivity contribution in [1.82, 2.24) is 9.80 Å². The van der Waals surface area contributed by atoms with Gasteiger partial charge in [-0.2, -0.15) is 0 Å². The Morgan fingerprint density at radius 2 is 1.73 bits per heavy atom. The molecule has 1 aliphatic heterocycles. The Labute approximate surface area is 178 Å². The smallest absolute Gasteiger partial charge is 0.276 e. The SMILES string of the molecule is O=C(CN1CCN(C(=O)/C=C/c2ccccc2[N+](=O)[O-])CC1)Nc1ccccc1Cl. The van der Waals surface area contributed by atoms with Gasteiger partial charge in [-0.25, -0.2) is 0 Å². The van der Waals surface area contributed by atoms with E-state index >= 15 is 0 Å². The Bertz CT molecular complexity index is 971. The van der Waals surface area contributed by atoms with Crippen molar-refractivity contribution in [2.45, 2.75) is 0 Å². The summed E-state index contributed by atoms with van der Waals surface area (Å²) in [6, 6.07) is 13.3. The van der Waals surface area contributed by atoms with Gasteiger partial charge in [0.1, 0.15) is 0 Å². The van der Waals surface area contributed by atoms with Gasteiger partial charge >= 0.3 is 0 Å². The molecule has 156 valence electrons. The fourth-order valence-electron chi connectivity index (χ4n) is 3.14. The van der Waals surface area contributed by atoms with Crippen molar-refractivity contribution in [3.8, 4) is 0 Å². The van der Waals surface area contributed by atoms with Crippen LogP contribution in [0, 0.1) is 10.1 Å². The Morgan fingerprint density at radius 1 is 1.07 bits per heavy atom. The van der Waals surface area contributed by atoms with E-state index in [4.69, 9.17) is 11.6 Å². The molecule has 2 aromatic carbocycles. The molecule has 1 heterocycles. The van der Waals surface area contributed by atoms with Crippen LogP contribution in [0.3, 0.4) is 0 Å². The van der Waals surface area contributed by atoms with Gasteiger partial charge < -0.3 is 10.2 Å². The van der Waals surface area contributed by atoms with Crippen molar-refractivity contribution >= 4 is 40.9 Å². The third-order valence-electron chi connectivity index (χ3n) is 4.74. The van der Waals surface area contributed by atoms with Crippen LogP contribution in [0.15, 0.2) is 54.6 Å². The quantitative estimate of drug-likeness (QED) is 0.433. The summed E-state index contributed by atoms with van der Waals surface area (Å²) < 4.78 is 0. The van der Waals surface area contributed by atoms with E-state index in [1.54, 1.807) is 47.4 Å². The van der Waals surface area contributed by atoms with E-state index in [0.29, 0.717) is 42.5 Å². The number of piperazine rings is 1. The molecular weight excluding hydrogens is 408 g/mol. The van der Waals surface area contributed by atoms with Crippen LogP contribution in [-0.4, -0.2) is 59.3 Å². The summed E-state index contributed by atoms with van der Waals surface area (Å²) in [5.41, 5.74) is 0.903. The second-order valence-corrected chi connectivity index (χ2v) is 7.19.